The molecule has 2 rings (SSSR count). The largest absolute Gasteiger partial charge is 0.399 e. The minimum Gasteiger partial charge on any atom is -0.399 e. The van der Waals surface area contributed by atoms with Gasteiger partial charge in [-0.15, -0.1) is 0 Å². The number of rotatable bonds is 4. The van der Waals surface area contributed by atoms with Crippen LogP contribution < -0.4 is 10.5 Å². The number of nitriles is 1. The Balaban J connectivity index is 2.10. The van der Waals surface area contributed by atoms with E-state index in [4.69, 9.17) is 11.0 Å². The Kier molecular flexibility index (Phi) is 4.86. The van der Waals surface area contributed by atoms with E-state index in [0.717, 1.165) is 19.3 Å². The van der Waals surface area contributed by atoms with Crippen LogP contribution in [0.25, 0.3) is 0 Å². The van der Waals surface area contributed by atoms with Crippen molar-refractivity contribution in [2.75, 3.05) is 12.3 Å². The van der Waals surface area contributed by atoms with E-state index in [9.17, 15) is 8.42 Å². The molecule has 6 heteroatoms. The van der Waals surface area contributed by atoms with Gasteiger partial charge < -0.3 is 5.73 Å². The van der Waals surface area contributed by atoms with Gasteiger partial charge in [-0.1, -0.05) is 19.8 Å². The van der Waals surface area contributed by atoms with Gasteiger partial charge in [0.25, 0.3) is 0 Å². The van der Waals surface area contributed by atoms with Crippen molar-refractivity contribution in [3.05, 3.63) is 23.8 Å². The van der Waals surface area contributed by atoms with E-state index in [2.05, 4.69) is 11.6 Å². The van der Waals surface area contributed by atoms with Crippen molar-refractivity contribution in [3.63, 3.8) is 0 Å². The molecule has 0 aliphatic heterocycles. The lowest BCUT2D eigenvalue weighted by Gasteiger charge is -2.26. The fourth-order valence-corrected chi connectivity index (χ4v) is 4.17. The summed E-state index contributed by atoms with van der Waals surface area (Å²) in [5, 5.41) is 9.06. The van der Waals surface area contributed by atoms with Crippen LogP contribution in [-0.2, 0) is 10.0 Å². The number of sulfonamides is 1. The fraction of sp³-hybridized carbons (Fsp3) is 0.533. The van der Waals surface area contributed by atoms with Gasteiger partial charge in [0.2, 0.25) is 10.0 Å². The molecule has 1 aliphatic rings. The lowest BCUT2D eigenvalue weighted by Crippen LogP contribution is -2.32. The first kappa shape index (κ1) is 15.8. The number of nitrogen functional groups attached to an aromatic ring is 1. The molecule has 1 aromatic carbocycles. The van der Waals surface area contributed by atoms with Gasteiger partial charge in [0, 0.05) is 12.2 Å². The summed E-state index contributed by atoms with van der Waals surface area (Å²) in [6.45, 7) is 2.64. The maximum atomic E-state index is 12.3. The van der Waals surface area contributed by atoms with Crippen LogP contribution in [0.2, 0.25) is 0 Å². The molecule has 114 valence electrons. The number of anilines is 1. The second-order valence-electron chi connectivity index (χ2n) is 5.86. The smallest absolute Gasteiger partial charge is 0.241 e. The van der Waals surface area contributed by atoms with Gasteiger partial charge in [-0.2, -0.15) is 5.26 Å². The SMILES string of the molecule is CC1CCCC(CNS(=O)(=O)c2ccc(N)cc2C#N)C1. The zero-order chi connectivity index (χ0) is 15.5. The third-order valence-corrected chi connectivity index (χ3v) is 5.50. The van der Waals surface area contributed by atoms with E-state index in [1.165, 1.54) is 24.6 Å². The molecule has 0 bridgehead atoms. The first-order chi connectivity index (χ1) is 9.92. The highest BCUT2D eigenvalue weighted by Gasteiger charge is 2.23. The van der Waals surface area contributed by atoms with Gasteiger partial charge in [0.05, 0.1) is 10.5 Å². The molecule has 1 aliphatic carbocycles. The van der Waals surface area contributed by atoms with E-state index >= 15 is 0 Å². The van der Waals surface area contributed by atoms with Crippen LogP contribution in [0, 0.1) is 23.2 Å². The Hall–Kier alpha value is -1.58. The first-order valence-electron chi connectivity index (χ1n) is 7.21. The lowest BCUT2D eigenvalue weighted by molar-refractivity contribution is 0.283. The Labute approximate surface area is 126 Å². The Morgan fingerprint density at radius 3 is 2.86 bits per heavy atom. The van der Waals surface area contributed by atoms with E-state index in [1.807, 2.05) is 6.07 Å². The van der Waals surface area contributed by atoms with Gasteiger partial charge in [0.15, 0.2) is 0 Å². The molecule has 0 aromatic heterocycles. The first-order valence-corrected chi connectivity index (χ1v) is 8.70. The van der Waals surface area contributed by atoms with Crippen LogP contribution in [0.5, 0.6) is 0 Å². The average Bonchev–Trinajstić information content (AvgIpc) is 2.45. The predicted octanol–water partition coefficient (Wildman–Crippen LogP) is 2.25. The third kappa shape index (κ3) is 3.96. The maximum absolute atomic E-state index is 12.3. The van der Waals surface area contributed by atoms with Gasteiger partial charge >= 0.3 is 0 Å². The highest BCUT2D eigenvalue weighted by molar-refractivity contribution is 7.89. The summed E-state index contributed by atoms with van der Waals surface area (Å²) >= 11 is 0. The number of hydrogen-bond acceptors (Lipinski definition) is 4. The van der Waals surface area contributed by atoms with Crippen molar-refractivity contribution in [3.8, 4) is 6.07 Å². The number of nitrogens with two attached hydrogens (primary N) is 1. The summed E-state index contributed by atoms with van der Waals surface area (Å²) in [6, 6.07) is 6.16. The second-order valence-corrected chi connectivity index (χ2v) is 7.59. The molecule has 0 heterocycles. The zero-order valence-corrected chi connectivity index (χ0v) is 13.0. The van der Waals surface area contributed by atoms with E-state index in [-0.39, 0.29) is 10.5 Å². The summed E-state index contributed by atoms with van der Waals surface area (Å²) in [4.78, 5) is 0.00283. The minimum absolute atomic E-state index is 0.00283. The molecule has 2 atom stereocenters. The van der Waals surface area contributed by atoms with E-state index < -0.39 is 10.0 Å². The number of nitrogens with zero attached hydrogens (tertiary/aromatic N) is 1. The minimum atomic E-state index is -3.66. The third-order valence-electron chi connectivity index (χ3n) is 4.02. The Morgan fingerprint density at radius 1 is 1.43 bits per heavy atom. The molecule has 0 spiro atoms. The molecule has 1 fully saturated rings. The highest BCUT2D eigenvalue weighted by Crippen LogP contribution is 2.28. The quantitative estimate of drug-likeness (QED) is 0.834. The van der Waals surface area contributed by atoms with Gasteiger partial charge in [-0.3, -0.25) is 0 Å². The van der Waals surface area contributed by atoms with Crippen molar-refractivity contribution >= 4 is 15.7 Å². The van der Waals surface area contributed by atoms with Gasteiger partial charge in [0.1, 0.15) is 6.07 Å². The van der Waals surface area contributed by atoms with Gasteiger partial charge in [-0.25, -0.2) is 13.1 Å². The number of hydrogen-bond donors (Lipinski definition) is 2. The van der Waals surface area contributed by atoms with Crippen molar-refractivity contribution in [2.45, 2.75) is 37.5 Å². The molecule has 0 amide bonds. The molecule has 0 radical (unpaired) electrons. The Morgan fingerprint density at radius 2 is 2.19 bits per heavy atom. The summed E-state index contributed by atoms with van der Waals surface area (Å²) < 4.78 is 27.3. The molecule has 2 unspecified atom stereocenters. The zero-order valence-electron chi connectivity index (χ0n) is 12.2. The molecule has 0 saturated heterocycles. The number of nitrogens with one attached hydrogen (secondary N) is 1. The van der Waals surface area contributed by atoms with E-state index in [1.54, 1.807) is 0 Å². The molecule has 5 nitrogen and oxygen atoms in total. The topological polar surface area (TPSA) is 96.0 Å². The highest BCUT2D eigenvalue weighted by atomic mass is 32.2. The normalized spacial score (nSPS) is 22.7. The van der Waals surface area contributed by atoms with Crippen molar-refractivity contribution < 1.29 is 8.42 Å². The molecule has 1 aromatic rings. The van der Waals surface area contributed by atoms with Crippen LogP contribution in [-0.4, -0.2) is 15.0 Å². The fourth-order valence-electron chi connectivity index (χ4n) is 2.92. The van der Waals surface area contributed by atoms with Crippen LogP contribution in [0.1, 0.15) is 38.2 Å². The van der Waals surface area contributed by atoms with Gasteiger partial charge in [-0.05, 0) is 42.9 Å². The summed E-state index contributed by atoms with van der Waals surface area (Å²) in [6.07, 6.45) is 4.48. The average molecular weight is 307 g/mol. The molecular formula is C15H21N3O2S. The lowest BCUT2D eigenvalue weighted by atomic mass is 9.83. The van der Waals surface area contributed by atoms with Crippen LogP contribution in [0.4, 0.5) is 5.69 Å². The predicted molar refractivity (Wildman–Crippen MR) is 81.9 cm³/mol. The molecule has 21 heavy (non-hydrogen) atoms. The van der Waals surface area contributed by atoms with Crippen LogP contribution in [0.3, 0.4) is 0 Å². The Bertz CT molecular complexity index is 649. The molecule has 1 saturated carbocycles. The molecular weight excluding hydrogens is 286 g/mol. The molecule has 3 N–H and O–H groups in total. The maximum Gasteiger partial charge on any atom is 0.241 e. The second kappa shape index (κ2) is 6.46. The van der Waals surface area contributed by atoms with Crippen molar-refractivity contribution in [2.24, 2.45) is 11.8 Å². The van der Waals surface area contributed by atoms with Crippen molar-refractivity contribution in [1.29, 1.82) is 5.26 Å². The van der Waals surface area contributed by atoms with Crippen LogP contribution in [0.15, 0.2) is 23.1 Å². The van der Waals surface area contributed by atoms with Crippen LogP contribution >= 0.6 is 0 Å². The summed E-state index contributed by atoms with van der Waals surface area (Å²) in [5.41, 5.74) is 6.05. The van der Waals surface area contributed by atoms with Crippen molar-refractivity contribution in [1.82, 2.24) is 4.72 Å². The summed E-state index contributed by atoms with van der Waals surface area (Å²) in [7, 11) is -3.66. The monoisotopic (exact) mass is 307 g/mol. The standard InChI is InChI=1S/C15H21N3O2S/c1-11-3-2-4-12(7-11)10-18-21(19,20)15-6-5-14(17)8-13(15)9-16/h5-6,8,11-12,18H,2-4,7,10,17H2,1H3. The van der Waals surface area contributed by atoms with E-state index in [0.29, 0.717) is 24.1 Å². The number of benzene rings is 1. The summed E-state index contributed by atoms with van der Waals surface area (Å²) in [5.74, 6) is 1.03.